The average molecular weight is 160 g/mol. The first-order chi connectivity index (χ1) is 5.16. The van der Waals surface area contributed by atoms with E-state index >= 15 is 0 Å². The van der Waals surface area contributed by atoms with Crippen LogP contribution in [0, 0.1) is 0 Å². The first kappa shape index (κ1) is 10.4. The Kier molecular flexibility index (Phi) is 5.78. The molecule has 0 rings (SSSR count). The zero-order valence-corrected chi connectivity index (χ0v) is 7.31. The highest BCUT2D eigenvalue weighted by atomic mass is 16.6. The number of hydrogen-bond acceptors (Lipinski definition) is 3. The van der Waals surface area contributed by atoms with Crippen LogP contribution in [-0.2, 0) is 9.63 Å². The zero-order chi connectivity index (χ0) is 8.69. The van der Waals surface area contributed by atoms with E-state index in [-0.39, 0.29) is 5.91 Å². The molecule has 4 heteroatoms. The summed E-state index contributed by atoms with van der Waals surface area (Å²) in [4.78, 5) is 15.2. The topological polar surface area (TPSA) is 50.4 Å². The molecular formula is C7H16N2O2. The minimum atomic E-state index is -0.0966. The molecular weight excluding hydrogens is 144 g/mol. The van der Waals surface area contributed by atoms with Gasteiger partial charge in [-0.1, -0.05) is 13.8 Å². The van der Waals surface area contributed by atoms with E-state index in [4.69, 9.17) is 0 Å². The predicted molar refractivity (Wildman–Crippen MR) is 42.9 cm³/mol. The van der Waals surface area contributed by atoms with Crippen LogP contribution in [0.15, 0.2) is 0 Å². The third kappa shape index (κ3) is 7.29. The second-order valence-corrected chi connectivity index (χ2v) is 2.59. The molecule has 1 amide bonds. The average Bonchev–Trinajstić information content (AvgIpc) is 1.87. The molecule has 0 aromatic carbocycles. The van der Waals surface area contributed by atoms with Crippen LogP contribution >= 0.6 is 0 Å². The van der Waals surface area contributed by atoms with Gasteiger partial charge < -0.3 is 5.32 Å². The Morgan fingerprint density at radius 2 is 2.18 bits per heavy atom. The van der Waals surface area contributed by atoms with Crippen molar-refractivity contribution in [2.24, 2.45) is 0 Å². The summed E-state index contributed by atoms with van der Waals surface area (Å²) in [5, 5.41) is 3.12. The van der Waals surface area contributed by atoms with Crippen LogP contribution in [0.2, 0.25) is 0 Å². The van der Waals surface area contributed by atoms with E-state index in [0.29, 0.717) is 19.0 Å². The number of hydroxylamine groups is 1. The summed E-state index contributed by atoms with van der Waals surface area (Å²) in [6.07, 6.45) is 0.450. The molecule has 0 radical (unpaired) electrons. The molecule has 0 bridgehead atoms. The van der Waals surface area contributed by atoms with Gasteiger partial charge >= 0.3 is 0 Å². The summed E-state index contributed by atoms with van der Waals surface area (Å²) in [6.45, 7) is 4.76. The molecule has 0 saturated carbocycles. The lowest BCUT2D eigenvalue weighted by Gasteiger charge is -2.06. The minimum absolute atomic E-state index is 0.0966. The molecule has 0 spiro atoms. The van der Waals surface area contributed by atoms with Crippen LogP contribution < -0.4 is 10.8 Å². The summed E-state index contributed by atoms with van der Waals surface area (Å²) in [5.74, 6) is -0.0966. The molecule has 66 valence electrons. The van der Waals surface area contributed by atoms with Crippen molar-refractivity contribution < 1.29 is 9.63 Å². The summed E-state index contributed by atoms with van der Waals surface area (Å²) >= 11 is 0. The summed E-state index contributed by atoms with van der Waals surface area (Å²) in [7, 11) is 1.42. The first-order valence-corrected chi connectivity index (χ1v) is 3.72. The Hall–Kier alpha value is -0.610. The second-order valence-electron chi connectivity index (χ2n) is 2.59. The lowest BCUT2D eigenvalue weighted by atomic mass is 10.3. The van der Waals surface area contributed by atoms with Gasteiger partial charge in [-0.15, -0.1) is 0 Å². The molecule has 0 saturated heterocycles. The van der Waals surface area contributed by atoms with Gasteiger partial charge in [0, 0.05) is 19.0 Å². The van der Waals surface area contributed by atoms with Crippen molar-refractivity contribution in [2.75, 3.05) is 13.7 Å². The molecule has 11 heavy (non-hydrogen) atoms. The van der Waals surface area contributed by atoms with Crippen molar-refractivity contribution >= 4 is 5.91 Å². The molecule has 0 atom stereocenters. The van der Waals surface area contributed by atoms with Crippen molar-refractivity contribution in [3.05, 3.63) is 0 Å². The van der Waals surface area contributed by atoms with Crippen molar-refractivity contribution in [3.8, 4) is 0 Å². The molecule has 4 nitrogen and oxygen atoms in total. The van der Waals surface area contributed by atoms with Gasteiger partial charge in [-0.3, -0.25) is 9.63 Å². The maximum absolute atomic E-state index is 10.7. The molecule has 0 fully saturated rings. The Labute approximate surface area is 67.3 Å². The van der Waals surface area contributed by atoms with Gasteiger partial charge in [0.1, 0.15) is 0 Å². The van der Waals surface area contributed by atoms with Gasteiger partial charge in [0.25, 0.3) is 0 Å². The number of amides is 1. The highest BCUT2D eigenvalue weighted by molar-refractivity contribution is 5.74. The SMILES string of the molecule is CONC(=O)CCNC(C)C. The van der Waals surface area contributed by atoms with E-state index in [9.17, 15) is 4.79 Å². The Balaban J connectivity index is 3.17. The molecule has 0 aliphatic rings. The van der Waals surface area contributed by atoms with Crippen LogP contribution in [0.25, 0.3) is 0 Å². The molecule has 0 unspecified atom stereocenters. The fourth-order valence-corrected chi connectivity index (χ4v) is 0.639. The highest BCUT2D eigenvalue weighted by Gasteiger charge is 1.99. The molecule has 2 N–H and O–H groups in total. The predicted octanol–water partition coefficient (Wildman–Crippen LogP) is 0.0521. The number of nitrogens with one attached hydrogen (secondary N) is 2. The summed E-state index contributed by atoms with van der Waals surface area (Å²) < 4.78 is 0. The van der Waals surface area contributed by atoms with E-state index in [1.54, 1.807) is 0 Å². The van der Waals surface area contributed by atoms with Gasteiger partial charge in [-0.05, 0) is 0 Å². The van der Waals surface area contributed by atoms with E-state index in [0.717, 1.165) is 0 Å². The van der Waals surface area contributed by atoms with E-state index in [2.05, 4.69) is 15.6 Å². The van der Waals surface area contributed by atoms with Gasteiger partial charge in [-0.25, -0.2) is 5.48 Å². The van der Waals surface area contributed by atoms with E-state index in [1.807, 2.05) is 13.8 Å². The van der Waals surface area contributed by atoms with Crippen molar-refractivity contribution in [2.45, 2.75) is 26.3 Å². The monoisotopic (exact) mass is 160 g/mol. The lowest BCUT2D eigenvalue weighted by Crippen LogP contribution is -2.29. The largest absolute Gasteiger partial charge is 0.314 e. The fourth-order valence-electron chi connectivity index (χ4n) is 0.639. The van der Waals surface area contributed by atoms with Crippen molar-refractivity contribution in [1.29, 1.82) is 0 Å². The second kappa shape index (κ2) is 6.12. The van der Waals surface area contributed by atoms with E-state index in [1.165, 1.54) is 7.11 Å². The zero-order valence-electron chi connectivity index (χ0n) is 7.31. The number of carbonyl (C=O) groups excluding carboxylic acids is 1. The minimum Gasteiger partial charge on any atom is -0.314 e. The third-order valence-corrected chi connectivity index (χ3v) is 1.12. The summed E-state index contributed by atoms with van der Waals surface area (Å²) in [5.41, 5.74) is 2.24. The molecule has 0 aliphatic carbocycles. The van der Waals surface area contributed by atoms with Crippen LogP contribution in [0.3, 0.4) is 0 Å². The van der Waals surface area contributed by atoms with Gasteiger partial charge in [0.05, 0.1) is 7.11 Å². The highest BCUT2D eigenvalue weighted by Crippen LogP contribution is 1.80. The maximum atomic E-state index is 10.7. The Bertz CT molecular complexity index is 115. The van der Waals surface area contributed by atoms with Crippen LogP contribution in [-0.4, -0.2) is 25.6 Å². The Morgan fingerprint density at radius 1 is 1.55 bits per heavy atom. The smallest absolute Gasteiger partial charge is 0.244 e. The quantitative estimate of drug-likeness (QED) is 0.559. The Morgan fingerprint density at radius 3 is 2.64 bits per heavy atom. The molecule has 0 aromatic rings. The van der Waals surface area contributed by atoms with Gasteiger partial charge in [-0.2, -0.15) is 0 Å². The third-order valence-electron chi connectivity index (χ3n) is 1.12. The van der Waals surface area contributed by atoms with Crippen molar-refractivity contribution in [1.82, 2.24) is 10.8 Å². The van der Waals surface area contributed by atoms with Crippen molar-refractivity contribution in [3.63, 3.8) is 0 Å². The van der Waals surface area contributed by atoms with Crippen LogP contribution in [0.1, 0.15) is 20.3 Å². The summed E-state index contributed by atoms with van der Waals surface area (Å²) in [6, 6.07) is 0.422. The van der Waals surface area contributed by atoms with Crippen LogP contribution in [0.5, 0.6) is 0 Å². The van der Waals surface area contributed by atoms with Gasteiger partial charge in [0.15, 0.2) is 0 Å². The van der Waals surface area contributed by atoms with Gasteiger partial charge in [0.2, 0.25) is 5.91 Å². The molecule has 0 heterocycles. The number of hydrogen-bond donors (Lipinski definition) is 2. The normalized spacial score (nSPS) is 10.2. The maximum Gasteiger partial charge on any atom is 0.244 e. The fraction of sp³-hybridized carbons (Fsp3) is 0.857. The van der Waals surface area contributed by atoms with E-state index < -0.39 is 0 Å². The lowest BCUT2D eigenvalue weighted by molar-refractivity contribution is -0.131. The number of rotatable bonds is 5. The van der Waals surface area contributed by atoms with Crippen LogP contribution in [0.4, 0.5) is 0 Å². The standard InChI is InChI=1S/C7H16N2O2/c1-6(2)8-5-4-7(10)9-11-3/h6,8H,4-5H2,1-3H3,(H,9,10). The molecule has 0 aliphatic heterocycles. The first-order valence-electron chi connectivity index (χ1n) is 3.72. The molecule has 0 aromatic heterocycles. The number of carbonyl (C=O) groups is 1.